The van der Waals surface area contributed by atoms with E-state index < -0.39 is 0 Å². The number of benzene rings is 1. The van der Waals surface area contributed by atoms with E-state index in [4.69, 9.17) is 16.6 Å². The lowest BCUT2D eigenvalue weighted by atomic mass is 10.1. The van der Waals surface area contributed by atoms with E-state index >= 15 is 0 Å². The summed E-state index contributed by atoms with van der Waals surface area (Å²) in [6.07, 6.45) is 3.85. The molecule has 1 aromatic carbocycles. The van der Waals surface area contributed by atoms with Crippen LogP contribution in [0.5, 0.6) is 0 Å². The van der Waals surface area contributed by atoms with E-state index in [1.807, 2.05) is 0 Å². The fraction of sp³-hybridized carbons (Fsp3) is 0.529. The molecule has 0 radical (unpaired) electrons. The second kappa shape index (κ2) is 8.38. The van der Waals surface area contributed by atoms with Gasteiger partial charge in [0.1, 0.15) is 0 Å². The zero-order valence-electron chi connectivity index (χ0n) is 13.9. The van der Waals surface area contributed by atoms with Crippen molar-refractivity contribution in [2.45, 2.75) is 39.0 Å². The molecule has 1 fully saturated rings. The van der Waals surface area contributed by atoms with Gasteiger partial charge in [0.15, 0.2) is 0 Å². The lowest BCUT2D eigenvalue weighted by Gasteiger charge is -2.24. The zero-order valence-corrected chi connectivity index (χ0v) is 16.4. The number of halogens is 1. The van der Waals surface area contributed by atoms with Crippen molar-refractivity contribution in [1.82, 2.24) is 19.6 Å². The van der Waals surface area contributed by atoms with Crippen molar-refractivity contribution >= 4 is 28.1 Å². The summed E-state index contributed by atoms with van der Waals surface area (Å²) >= 11 is 8.78. The van der Waals surface area contributed by atoms with Crippen LogP contribution in [0.4, 0.5) is 0 Å². The number of hydrogen-bond acceptors (Lipinski definition) is 5. The number of piperidine rings is 1. The van der Waals surface area contributed by atoms with Crippen LogP contribution in [0, 0.1) is 4.84 Å². The number of rotatable bonds is 6. The number of likely N-dealkylation sites (tertiary alicyclic amines) is 1. The summed E-state index contributed by atoms with van der Waals surface area (Å²) in [5.41, 5.74) is 1.25. The Balaban J connectivity index is 1.58. The summed E-state index contributed by atoms with van der Waals surface area (Å²) in [7, 11) is 2.06. The highest BCUT2D eigenvalue weighted by Crippen LogP contribution is 2.14. The van der Waals surface area contributed by atoms with Crippen LogP contribution in [0.3, 0.4) is 0 Å². The van der Waals surface area contributed by atoms with Crippen molar-refractivity contribution in [2.75, 3.05) is 20.1 Å². The first kappa shape index (κ1) is 17.8. The van der Waals surface area contributed by atoms with Gasteiger partial charge in [0, 0.05) is 11.0 Å². The van der Waals surface area contributed by atoms with E-state index in [0.717, 1.165) is 36.5 Å². The van der Waals surface area contributed by atoms with Gasteiger partial charge in [0.25, 0.3) is 4.84 Å². The molecule has 1 saturated heterocycles. The number of hydrogen-bond donors (Lipinski definition) is 0. The Kier molecular flexibility index (Phi) is 6.21. The largest absolute Gasteiger partial charge is 0.412 e. The van der Waals surface area contributed by atoms with E-state index in [9.17, 15) is 0 Å². The first-order valence-electron chi connectivity index (χ1n) is 8.32. The zero-order chi connectivity index (χ0) is 16.9. The second-order valence-electron chi connectivity index (χ2n) is 6.38. The Bertz CT molecular complexity index is 706. The number of aromatic nitrogens is 2. The van der Waals surface area contributed by atoms with Crippen LogP contribution in [-0.2, 0) is 19.8 Å². The van der Waals surface area contributed by atoms with Gasteiger partial charge in [0.05, 0.1) is 13.2 Å². The van der Waals surface area contributed by atoms with Crippen molar-refractivity contribution in [3.05, 3.63) is 45.0 Å². The van der Waals surface area contributed by atoms with Gasteiger partial charge < -0.3 is 4.42 Å². The Morgan fingerprint density at radius 2 is 1.92 bits per heavy atom. The minimum atomic E-state index is 0.449. The predicted octanol–water partition coefficient (Wildman–Crippen LogP) is 4.04. The second-order valence-corrected chi connectivity index (χ2v) is 7.65. The Morgan fingerprint density at radius 1 is 1.21 bits per heavy atom. The molecule has 3 rings (SSSR count). The Morgan fingerprint density at radius 3 is 2.62 bits per heavy atom. The highest BCUT2D eigenvalue weighted by Gasteiger charge is 2.15. The van der Waals surface area contributed by atoms with Crippen LogP contribution in [0.1, 0.15) is 30.7 Å². The van der Waals surface area contributed by atoms with Crippen molar-refractivity contribution in [2.24, 2.45) is 0 Å². The van der Waals surface area contributed by atoms with Gasteiger partial charge in [-0.15, -0.1) is 5.10 Å². The van der Waals surface area contributed by atoms with Crippen LogP contribution < -0.4 is 0 Å². The topological polar surface area (TPSA) is 37.4 Å². The monoisotopic (exact) mass is 410 g/mol. The van der Waals surface area contributed by atoms with Crippen LogP contribution in [0.15, 0.2) is 33.2 Å². The highest BCUT2D eigenvalue weighted by atomic mass is 79.9. The fourth-order valence-electron chi connectivity index (χ4n) is 2.99. The first-order chi connectivity index (χ1) is 11.6. The molecule has 0 unspecified atom stereocenters. The predicted molar refractivity (Wildman–Crippen MR) is 100 cm³/mol. The molecule has 7 heteroatoms. The van der Waals surface area contributed by atoms with E-state index in [-0.39, 0.29) is 0 Å². The molecule has 130 valence electrons. The summed E-state index contributed by atoms with van der Waals surface area (Å²) in [5.74, 6) is 0.721. The third-order valence-corrected chi connectivity index (χ3v) is 5.02. The Labute approximate surface area is 156 Å². The van der Waals surface area contributed by atoms with Crippen molar-refractivity contribution in [3.8, 4) is 0 Å². The van der Waals surface area contributed by atoms with Gasteiger partial charge in [-0.1, -0.05) is 34.5 Å². The van der Waals surface area contributed by atoms with Gasteiger partial charge in [-0.3, -0.25) is 9.80 Å². The van der Waals surface area contributed by atoms with E-state index in [1.54, 1.807) is 4.68 Å². The van der Waals surface area contributed by atoms with Crippen molar-refractivity contribution < 1.29 is 4.42 Å². The molecule has 1 aliphatic heterocycles. The maximum Gasteiger partial charge on any atom is 0.288 e. The molecule has 0 N–H and O–H groups in total. The third-order valence-electron chi connectivity index (χ3n) is 4.20. The van der Waals surface area contributed by atoms with E-state index in [2.05, 4.69) is 62.1 Å². The van der Waals surface area contributed by atoms with Gasteiger partial charge in [-0.25, -0.2) is 4.68 Å². The molecule has 1 aromatic heterocycles. The summed E-state index contributed by atoms with van der Waals surface area (Å²) in [6, 6.07) is 8.35. The highest BCUT2D eigenvalue weighted by molar-refractivity contribution is 9.10. The summed E-state index contributed by atoms with van der Waals surface area (Å²) in [6.45, 7) is 4.46. The normalized spacial score (nSPS) is 16.0. The molecule has 0 atom stereocenters. The molecule has 0 amide bonds. The lowest BCUT2D eigenvalue weighted by molar-refractivity contribution is 0.200. The summed E-state index contributed by atoms with van der Waals surface area (Å²) in [5, 5.41) is 4.55. The van der Waals surface area contributed by atoms with Gasteiger partial charge in [-0.05, 0) is 62.9 Å². The average Bonchev–Trinajstić information content (AvgIpc) is 2.90. The number of nitrogens with zero attached hydrogens (tertiary/aromatic N) is 4. The Hall–Kier alpha value is -1.02. The van der Waals surface area contributed by atoms with Crippen LogP contribution >= 0.6 is 28.1 Å². The quantitative estimate of drug-likeness (QED) is 0.671. The molecule has 0 saturated carbocycles. The molecule has 2 aromatic rings. The summed E-state index contributed by atoms with van der Waals surface area (Å²) in [4.78, 5) is 5.01. The van der Waals surface area contributed by atoms with Crippen molar-refractivity contribution in [3.63, 3.8) is 0 Å². The molecule has 2 heterocycles. The van der Waals surface area contributed by atoms with E-state index in [1.165, 1.54) is 24.8 Å². The SMILES string of the molecule is CN(Cc1ccc(Br)cc1)Cn1nc(CN2CCCCC2)oc1=S. The molecule has 5 nitrogen and oxygen atoms in total. The maximum atomic E-state index is 5.68. The van der Waals surface area contributed by atoms with Gasteiger partial charge in [0.2, 0.25) is 5.89 Å². The van der Waals surface area contributed by atoms with E-state index in [0.29, 0.717) is 11.5 Å². The standard InChI is InChI=1S/C17H23BrN4OS/c1-20(11-14-5-7-15(18)8-6-14)13-22-17(24)23-16(19-22)12-21-9-3-2-4-10-21/h5-8H,2-4,9-13H2,1H3. The average molecular weight is 411 g/mol. The van der Waals surface area contributed by atoms with Gasteiger partial charge >= 0.3 is 0 Å². The van der Waals surface area contributed by atoms with Crippen molar-refractivity contribution in [1.29, 1.82) is 0 Å². The molecular weight excluding hydrogens is 388 g/mol. The molecule has 0 spiro atoms. The van der Waals surface area contributed by atoms with Crippen LogP contribution in [-0.4, -0.2) is 39.7 Å². The minimum Gasteiger partial charge on any atom is -0.412 e. The molecule has 0 aliphatic carbocycles. The fourth-order valence-corrected chi connectivity index (χ4v) is 3.45. The van der Waals surface area contributed by atoms with Gasteiger partial charge in [-0.2, -0.15) is 0 Å². The molecule has 0 bridgehead atoms. The summed E-state index contributed by atoms with van der Waals surface area (Å²) < 4.78 is 8.54. The molecule has 24 heavy (non-hydrogen) atoms. The third kappa shape index (κ3) is 4.99. The first-order valence-corrected chi connectivity index (χ1v) is 9.52. The van der Waals surface area contributed by atoms with Crippen LogP contribution in [0.25, 0.3) is 0 Å². The smallest absolute Gasteiger partial charge is 0.288 e. The van der Waals surface area contributed by atoms with Crippen LogP contribution in [0.2, 0.25) is 0 Å². The molecule has 1 aliphatic rings. The lowest BCUT2D eigenvalue weighted by Crippen LogP contribution is -2.29. The maximum absolute atomic E-state index is 5.68. The minimum absolute atomic E-state index is 0.449. The molecular formula is C17H23BrN4OS.